The van der Waals surface area contributed by atoms with Crippen molar-refractivity contribution in [3.8, 4) is 11.1 Å². The van der Waals surface area contributed by atoms with Gasteiger partial charge in [-0.3, -0.25) is 0 Å². The number of hydrogen-bond donors (Lipinski definition) is 1. The fourth-order valence-electron chi connectivity index (χ4n) is 4.52. The lowest BCUT2D eigenvalue weighted by Gasteiger charge is -2.31. The molecule has 3 aromatic rings. The van der Waals surface area contributed by atoms with Gasteiger partial charge in [-0.1, -0.05) is 12.1 Å². The summed E-state index contributed by atoms with van der Waals surface area (Å²) in [4.78, 5) is 13.0. The summed E-state index contributed by atoms with van der Waals surface area (Å²) in [7, 11) is 1.37. The van der Waals surface area contributed by atoms with Crippen LogP contribution in [0, 0.1) is 19.7 Å². The lowest BCUT2D eigenvalue weighted by atomic mass is 9.87. The summed E-state index contributed by atoms with van der Waals surface area (Å²) in [5.74, 6) is -0.762. The maximum Gasteiger partial charge on any atom is 0.339 e. The molecule has 0 radical (unpaired) electrons. The fraction of sp³-hybridized carbons (Fsp3) is 0.400. The number of anilines is 1. The van der Waals surface area contributed by atoms with Gasteiger partial charge in [0.1, 0.15) is 5.82 Å². The van der Waals surface area contributed by atoms with Gasteiger partial charge in [-0.25, -0.2) is 9.18 Å². The van der Waals surface area contributed by atoms with Gasteiger partial charge < -0.3 is 19.4 Å². The summed E-state index contributed by atoms with van der Waals surface area (Å²) in [6.45, 7) is 11.5. The third kappa shape index (κ3) is 3.69. The van der Waals surface area contributed by atoms with E-state index in [9.17, 15) is 9.18 Å². The first-order valence-electron chi connectivity index (χ1n) is 10.5. The third-order valence-corrected chi connectivity index (χ3v) is 5.78. The Morgan fingerprint density at radius 3 is 2.48 bits per heavy atom. The van der Waals surface area contributed by atoms with E-state index < -0.39 is 17.7 Å². The molecule has 1 aromatic heterocycles. The van der Waals surface area contributed by atoms with Crippen molar-refractivity contribution >= 4 is 22.6 Å². The second-order valence-corrected chi connectivity index (χ2v) is 9.06. The molecule has 1 N–H and O–H groups in total. The highest BCUT2D eigenvalue weighted by Crippen LogP contribution is 2.46. The number of benzene rings is 2. The number of nitrogens with zero attached hydrogens (tertiary/aromatic N) is 1. The van der Waals surface area contributed by atoms with E-state index in [1.165, 1.54) is 19.2 Å². The highest BCUT2D eigenvalue weighted by atomic mass is 19.1. The van der Waals surface area contributed by atoms with E-state index in [1.807, 2.05) is 27.7 Å². The number of aryl methyl sites for hydroxylation is 1. The predicted octanol–water partition coefficient (Wildman–Crippen LogP) is 5.52. The molecule has 5 nitrogen and oxygen atoms in total. The van der Waals surface area contributed by atoms with Crippen LogP contribution in [0.3, 0.4) is 0 Å². The van der Waals surface area contributed by atoms with Crippen molar-refractivity contribution in [2.24, 2.45) is 0 Å². The maximum absolute atomic E-state index is 13.7. The lowest BCUT2D eigenvalue weighted by Crippen LogP contribution is -2.29. The minimum Gasteiger partial charge on any atom is -0.467 e. The van der Waals surface area contributed by atoms with Crippen molar-refractivity contribution in [2.75, 3.05) is 19.0 Å². The molecule has 0 saturated carbocycles. The Morgan fingerprint density at radius 2 is 1.87 bits per heavy atom. The molecule has 1 aliphatic rings. The van der Waals surface area contributed by atoms with Crippen molar-refractivity contribution in [2.45, 2.75) is 52.9 Å². The maximum atomic E-state index is 13.7. The van der Waals surface area contributed by atoms with Gasteiger partial charge in [0.05, 0.1) is 23.9 Å². The Morgan fingerprint density at radius 1 is 1.19 bits per heavy atom. The monoisotopic (exact) mass is 424 g/mol. The number of carbonyl (C=O) groups excluding carboxylic acids is 1. The normalized spacial score (nSPS) is 14.4. The molecule has 0 aliphatic carbocycles. The van der Waals surface area contributed by atoms with E-state index in [2.05, 4.69) is 22.9 Å². The molecule has 0 amide bonds. The zero-order chi connectivity index (χ0) is 22.5. The molecular formula is C25H29FN2O3. The van der Waals surface area contributed by atoms with Gasteiger partial charge in [-0.05, 0) is 69.5 Å². The number of carbonyl (C=O) groups is 1. The lowest BCUT2D eigenvalue weighted by molar-refractivity contribution is -0.164. The molecule has 2 aromatic carbocycles. The minimum absolute atomic E-state index is 0.304. The molecule has 4 rings (SSSR count). The van der Waals surface area contributed by atoms with Crippen LogP contribution in [0.15, 0.2) is 30.3 Å². The Bertz CT molecular complexity index is 1160. The molecule has 6 heteroatoms. The second-order valence-electron chi connectivity index (χ2n) is 9.06. The Labute approximate surface area is 182 Å². The van der Waals surface area contributed by atoms with Crippen LogP contribution < -0.4 is 5.32 Å². The third-order valence-electron chi connectivity index (χ3n) is 5.78. The molecule has 0 bridgehead atoms. The van der Waals surface area contributed by atoms with Gasteiger partial charge in [0, 0.05) is 29.7 Å². The number of nitrogens with one attached hydrogen (secondary N) is 1. The van der Waals surface area contributed by atoms with Gasteiger partial charge >= 0.3 is 5.97 Å². The van der Waals surface area contributed by atoms with Gasteiger partial charge in [0.2, 0.25) is 0 Å². The van der Waals surface area contributed by atoms with Crippen LogP contribution in [0.4, 0.5) is 10.1 Å². The van der Waals surface area contributed by atoms with Crippen LogP contribution >= 0.6 is 0 Å². The second kappa shape index (κ2) is 7.68. The summed E-state index contributed by atoms with van der Waals surface area (Å²) >= 11 is 0. The summed E-state index contributed by atoms with van der Waals surface area (Å²) in [6.07, 6.45) is -0.918. The van der Waals surface area contributed by atoms with E-state index in [0.29, 0.717) is 0 Å². The quantitative estimate of drug-likeness (QED) is 0.561. The largest absolute Gasteiger partial charge is 0.467 e. The number of esters is 1. The van der Waals surface area contributed by atoms with Crippen LogP contribution in [-0.2, 0) is 20.8 Å². The Balaban J connectivity index is 2.12. The van der Waals surface area contributed by atoms with Crippen LogP contribution in [-0.4, -0.2) is 29.8 Å². The number of ether oxygens (including phenoxy) is 2. The summed E-state index contributed by atoms with van der Waals surface area (Å²) < 4.78 is 27.5. The number of methoxy groups -OCH3 is 1. The SMILES string of the molecule is COC(=O)[C@@H](OC(C)(C)C)c1c(C)c2c3c(cc(C)n3CCN2)c1-c1ccc(F)cc1. The first kappa shape index (κ1) is 21.4. The molecule has 1 aliphatic heterocycles. The van der Waals surface area contributed by atoms with E-state index in [0.717, 1.165) is 57.6 Å². The van der Waals surface area contributed by atoms with E-state index in [-0.39, 0.29) is 5.82 Å². The smallest absolute Gasteiger partial charge is 0.339 e. The number of rotatable bonds is 4. The van der Waals surface area contributed by atoms with Gasteiger partial charge in [0.15, 0.2) is 6.10 Å². The van der Waals surface area contributed by atoms with Crippen LogP contribution in [0.5, 0.6) is 0 Å². The predicted molar refractivity (Wildman–Crippen MR) is 121 cm³/mol. The Kier molecular flexibility index (Phi) is 5.30. The number of aromatic nitrogens is 1. The standard InChI is InChI=1S/C25H29FN2O3/c1-14-13-18-20(16-7-9-17(26)10-8-16)19(23(24(29)30-6)31-25(3,4)5)15(2)21-22(18)28(14)12-11-27-21/h7-10,13,23,27H,11-12H2,1-6H3/t23-/m0/s1. The average molecular weight is 425 g/mol. The molecule has 0 unspecified atom stereocenters. The highest BCUT2D eigenvalue weighted by Gasteiger charge is 2.35. The molecule has 31 heavy (non-hydrogen) atoms. The molecule has 2 heterocycles. The number of hydrogen-bond acceptors (Lipinski definition) is 4. The van der Waals surface area contributed by atoms with Crippen molar-refractivity contribution in [3.63, 3.8) is 0 Å². The molecule has 0 saturated heterocycles. The molecule has 1 atom stereocenters. The van der Waals surface area contributed by atoms with Crippen LogP contribution in [0.25, 0.3) is 22.0 Å². The highest BCUT2D eigenvalue weighted by molar-refractivity contribution is 6.07. The summed E-state index contributed by atoms with van der Waals surface area (Å²) in [5.41, 5.74) is 6.07. The Hall–Kier alpha value is -2.86. The van der Waals surface area contributed by atoms with Crippen molar-refractivity contribution in [3.05, 3.63) is 53.0 Å². The minimum atomic E-state index is -0.918. The molecule has 0 fully saturated rings. The van der Waals surface area contributed by atoms with Gasteiger partial charge in [-0.15, -0.1) is 0 Å². The number of halogens is 1. The molecule has 164 valence electrons. The zero-order valence-electron chi connectivity index (χ0n) is 18.9. The zero-order valence-corrected chi connectivity index (χ0v) is 18.9. The molecule has 0 spiro atoms. The topological polar surface area (TPSA) is 52.5 Å². The van der Waals surface area contributed by atoms with Crippen molar-refractivity contribution in [1.29, 1.82) is 0 Å². The van der Waals surface area contributed by atoms with Gasteiger partial charge in [-0.2, -0.15) is 0 Å². The first-order valence-corrected chi connectivity index (χ1v) is 10.5. The average Bonchev–Trinajstić information content (AvgIpc) is 3.06. The van der Waals surface area contributed by atoms with Gasteiger partial charge in [0.25, 0.3) is 0 Å². The summed E-state index contributed by atoms with van der Waals surface area (Å²) in [6, 6.07) is 8.53. The molecular weight excluding hydrogens is 395 g/mol. The van der Waals surface area contributed by atoms with E-state index in [1.54, 1.807) is 12.1 Å². The van der Waals surface area contributed by atoms with Crippen molar-refractivity contribution < 1.29 is 18.7 Å². The van der Waals surface area contributed by atoms with E-state index >= 15 is 0 Å². The van der Waals surface area contributed by atoms with E-state index in [4.69, 9.17) is 9.47 Å². The fourth-order valence-corrected chi connectivity index (χ4v) is 4.52. The first-order chi connectivity index (χ1) is 14.6. The van der Waals surface area contributed by atoms with Crippen molar-refractivity contribution in [1.82, 2.24) is 4.57 Å². The van der Waals surface area contributed by atoms with Crippen LogP contribution in [0.2, 0.25) is 0 Å². The van der Waals surface area contributed by atoms with Crippen LogP contribution in [0.1, 0.15) is 43.7 Å². The summed E-state index contributed by atoms with van der Waals surface area (Å²) in [5, 5.41) is 4.54.